The molecule has 0 atom stereocenters. The Labute approximate surface area is 182 Å². The Morgan fingerprint density at radius 3 is 2.78 bits per heavy atom. The van der Waals surface area contributed by atoms with E-state index in [0.29, 0.717) is 35.2 Å². The molecule has 0 radical (unpaired) electrons. The molecule has 2 heterocycles. The highest BCUT2D eigenvalue weighted by atomic mass is 16.6. The number of carbonyl (C=O) groups excluding carboxylic acids is 1. The van der Waals surface area contributed by atoms with Crippen molar-refractivity contribution in [3.05, 3.63) is 98.2 Å². The average molecular weight is 432 g/mol. The highest BCUT2D eigenvalue weighted by Crippen LogP contribution is 2.14. The molecule has 0 aliphatic heterocycles. The molecule has 4 aromatic rings. The molecule has 1 amide bonds. The molecule has 0 bridgehead atoms. The summed E-state index contributed by atoms with van der Waals surface area (Å²) in [5.41, 5.74) is 2.28. The molecule has 10 heteroatoms. The van der Waals surface area contributed by atoms with Gasteiger partial charge in [0.1, 0.15) is 11.7 Å². The Balaban J connectivity index is 1.47. The smallest absolute Gasteiger partial charge is 0.269 e. The third-order valence-corrected chi connectivity index (χ3v) is 4.99. The number of nitro benzene ring substituents is 1. The second kappa shape index (κ2) is 8.80. The van der Waals surface area contributed by atoms with E-state index >= 15 is 0 Å². The number of fused-ring (bicyclic) bond motifs is 1. The van der Waals surface area contributed by atoms with E-state index in [1.54, 1.807) is 22.9 Å². The first-order valence-corrected chi connectivity index (χ1v) is 9.91. The summed E-state index contributed by atoms with van der Waals surface area (Å²) in [6, 6.07) is 13.4. The predicted octanol–water partition coefficient (Wildman–Crippen LogP) is 2.29. The lowest BCUT2D eigenvalue weighted by atomic mass is 10.1. The fourth-order valence-electron chi connectivity index (χ4n) is 3.40. The van der Waals surface area contributed by atoms with Crippen molar-refractivity contribution in [1.82, 2.24) is 24.6 Å². The lowest BCUT2D eigenvalue weighted by molar-refractivity contribution is -0.384. The van der Waals surface area contributed by atoms with Gasteiger partial charge in [-0.3, -0.25) is 24.3 Å². The first-order valence-electron chi connectivity index (χ1n) is 9.91. The number of rotatable bonds is 7. The zero-order chi connectivity index (χ0) is 22.7. The highest BCUT2D eigenvalue weighted by Gasteiger charge is 2.12. The third kappa shape index (κ3) is 4.38. The van der Waals surface area contributed by atoms with Crippen molar-refractivity contribution < 1.29 is 9.72 Å². The van der Waals surface area contributed by atoms with Crippen LogP contribution < -0.4 is 10.9 Å². The van der Waals surface area contributed by atoms with E-state index in [1.807, 2.05) is 25.1 Å². The molecular weight excluding hydrogens is 412 g/mol. The fraction of sp³-hybridized carbons (Fsp3) is 0.182. The van der Waals surface area contributed by atoms with Gasteiger partial charge in [-0.2, -0.15) is 5.10 Å². The van der Waals surface area contributed by atoms with Crippen LogP contribution in [0, 0.1) is 17.0 Å². The molecule has 0 saturated carbocycles. The maximum Gasteiger partial charge on any atom is 0.269 e. The molecule has 0 aliphatic rings. The van der Waals surface area contributed by atoms with Gasteiger partial charge in [0.15, 0.2) is 5.65 Å². The summed E-state index contributed by atoms with van der Waals surface area (Å²) in [7, 11) is 0. The minimum absolute atomic E-state index is 0.0369. The van der Waals surface area contributed by atoms with E-state index in [1.165, 1.54) is 29.2 Å². The Hall–Kier alpha value is -4.34. The van der Waals surface area contributed by atoms with Crippen LogP contribution in [0.3, 0.4) is 0 Å². The number of nitrogens with zero attached hydrogens (tertiary/aromatic N) is 5. The Kier molecular flexibility index (Phi) is 5.75. The molecule has 0 aliphatic carbocycles. The van der Waals surface area contributed by atoms with E-state index in [4.69, 9.17) is 0 Å². The van der Waals surface area contributed by atoms with Gasteiger partial charge in [0, 0.05) is 24.2 Å². The van der Waals surface area contributed by atoms with Crippen LogP contribution in [-0.2, 0) is 13.1 Å². The Morgan fingerprint density at radius 1 is 1.19 bits per heavy atom. The molecule has 1 N–H and O–H groups in total. The zero-order valence-corrected chi connectivity index (χ0v) is 17.3. The number of aromatic nitrogens is 4. The van der Waals surface area contributed by atoms with Crippen molar-refractivity contribution in [3.63, 3.8) is 0 Å². The molecule has 0 saturated heterocycles. The molecule has 10 nitrogen and oxygen atoms in total. The summed E-state index contributed by atoms with van der Waals surface area (Å²) < 4.78 is 2.94. The summed E-state index contributed by atoms with van der Waals surface area (Å²) >= 11 is 0. The zero-order valence-electron chi connectivity index (χ0n) is 17.3. The maximum atomic E-state index is 12.8. The average Bonchev–Trinajstić information content (AvgIpc) is 3.19. The molecule has 2 aromatic heterocycles. The van der Waals surface area contributed by atoms with Crippen LogP contribution >= 0.6 is 0 Å². The van der Waals surface area contributed by atoms with Crippen molar-refractivity contribution in [2.24, 2.45) is 0 Å². The van der Waals surface area contributed by atoms with Crippen molar-refractivity contribution in [3.8, 4) is 0 Å². The third-order valence-electron chi connectivity index (χ3n) is 4.99. The van der Waals surface area contributed by atoms with Gasteiger partial charge in [-0.15, -0.1) is 0 Å². The van der Waals surface area contributed by atoms with Crippen LogP contribution in [-0.4, -0.2) is 36.7 Å². The van der Waals surface area contributed by atoms with E-state index in [-0.39, 0.29) is 23.7 Å². The van der Waals surface area contributed by atoms with E-state index in [9.17, 15) is 19.7 Å². The molecule has 0 spiro atoms. The van der Waals surface area contributed by atoms with Crippen LogP contribution in [0.25, 0.3) is 11.0 Å². The second-order valence-electron chi connectivity index (χ2n) is 7.34. The monoisotopic (exact) mass is 432 g/mol. The number of hydrogen-bond donors (Lipinski definition) is 1. The highest BCUT2D eigenvalue weighted by molar-refractivity contribution is 5.94. The molecule has 0 unspecified atom stereocenters. The fourth-order valence-corrected chi connectivity index (χ4v) is 3.40. The topological polar surface area (TPSA) is 125 Å². The van der Waals surface area contributed by atoms with Gasteiger partial charge >= 0.3 is 0 Å². The van der Waals surface area contributed by atoms with Gasteiger partial charge in [0.2, 0.25) is 0 Å². The maximum absolute atomic E-state index is 12.8. The molecule has 2 aromatic carbocycles. The van der Waals surface area contributed by atoms with Gasteiger partial charge < -0.3 is 5.32 Å². The Bertz CT molecular complexity index is 1370. The number of nitrogens with one attached hydrogen (secondary N) is 1. The number of benzene rings is 2. The van der Waals surface area contributed by atoms with Crippen molar-refractivity contribution in [1.29, 1.82) is 0 Å². The van der Waals surface area contributed by atoms with Crippen LogP contribution in [0.4, 0.5) is 5.69 Å². The summed E-state index contributed by atoms with van der Waals surface area (Å²) in [4.78, 5) is 39.9. The minimum Gasteiger partial charge on any atom is -0.350 e. The molecule has 4 rings (SSSR count). The summed E-state index contributed by atoms with van der Waals surface area (Å²) in [6.07, 6.45) is 2.84. The SMILES string of the molecule is Cc1cccc(C(=O)NCCn2ncc3c(=O)n(Cc4cccc([N+](=O)[O-])c4)cnc32)c1. The predicted molar refractivity (Wildman–Crippen MR) is 117 cm³/mol. The largest absolute Gasteiger partial charge is 0.350 e. The lowest BCUT2D eigenvalue weighted by Gasteiger charge is -2.08. The first-order chi connectivity index (χ1) is 15.4. The Morgan fingerprint density at radius 2 is 2.00 bits per heavy atom. The van der Waals surface area contributed by atoms with Gasteiger partial charge in [-0.25, -0.2) is 9.67 Å². The normalized spacial score (nSPS) is 10.9. The van der Waals surface area contributed by atoms with Crippen LogP contribution in [0.1, 0.15) is 21.5 Å². The summed E-state index contributed by atoms with van der Waals surface area (Å²) in [5, 5.41) is 18.4. The number of non-ortho nitro benzene ring substituents is 1. The molecular formula is C22H20N6O4. The van der Waals surface area contributed by atoms with Crippen LogP contribution in [0.15, 0.2) is 65.8 Å². The molecule has 162 valence electrons. The number of nitro groups is 1. The number of aryl methyl sites for hydroxylation is 1. The number of carbonyl (C=O) groups is 1. The second-order valence-corrected chi connectivity index (χ2v) is 7.34. The van der Waals surface area contributed by atoms with Gasteiger partial charge in [0.05, 0.1) is 24.2 Å². The first kappa shape index (κ1) is 20.9. The summed E-state index contributed by atoms with van der Waals surface area (Å²) in [5.74, 6) is -0.183. The van der Waals surface area contributed by atoms with Crippen LogP contribution in [0.2, 0.25) is 0 Å². The number of amides is 1. The summed E-state index contributed by atoms with van der Waals surface area (Å²) in [6.45, 7) is 2.75. The van der Waals surface area contributed by atoms with E-state index in [0.717, 1.165) is 5.56 Å². The molecule has 0 fully saturated rings. The van der Waals surface area contributed by atoms with Gasteiger partial charge in [-0.05, 0) is 24.6 Å². The van der Waals surface area contributed by atoms with Crippen molar-refractivity contribution >= 4 is 22.6 Å². The van der Waals surface area contributed by atoms with Gasteiger partial charge in [-0.1, -0.05) is 29.8 Å². The van der Waals surface area contributed by atoms with Crippen molar-refractivity contribution in [2.45, 2.75) is 20.0 Å². The lowest BCUT2D eigenvalue weighted by Crippen LogP contribution is -2.27. The van der Waals surface area contributed by atoms with E-state index in [2.05, 4.69) is 15.4 Å². The molecule has 32 heavy (non-hydrogen) atoms. The van der Waals surface area contributed by atoms with Crippen LogP contribution in [0.5, 0.6) is 0 Å². The van der Waals surface area contributed by atoms with E-state index < -0.39 is 4.92 Å². The standard InChI is InChI=1S/C22H20N6O4/c1-15-4-2-6-17(10-15)21(29)23-8-9-27-20-19(12-25-27)22(30)26(14-24-20)13-16-5-3-7-18(11-16)28(31)32/h2-7,10-12,14H,8-9,13H2,1H3,(H,23,29). The quantitative estimate of drug-likeness (QED) is 0.353. The van der Waals surface area contributed by atoms with Gasteiger partial charge in [0.25, 0.3) is 17.2 Å². The minimum atomic E-state index is -0.477. The van der Waals surface area contributed by atoms with Crippen molar-refractivity contribution in [2.75, 3.05) is 6.54 Å². The number of hydrogen-bond acceptors (Lipinski definition) is 6.